The molecule has 0 aliphatic rings. The highest BCUT2D eigenvalue weighted by atomic mass is 19.1. The lowest BCUT2D eigenvalue weighted by Crippen LogP contribution is -2.35. The highest BCUT2D eigenvalue weighted by Crippen LogP contribution is 2.31. The van der Waals surface area contributed by atoms with Crippen molar-refractivity contribution in [1.29, 1.82) is 0 Å². The highest BCUT2D eigenvalue weighted by molar-refractivity contribution is 5.82. The first-order valence-electron chi connectivity index (χ1n) is 13.5. The van der Waals surface area contributed by atoms with Gasteiger partial charge in [-0.05, 0) is 63.2 Å². The quantitative estimate of drug-likeness (QED) is 0.249. The number of fused-ring (bicyclic) bond motifs is 1. The molecule has 6 rings (SSSR count). The summed E-state index contributed by atoms with van der Waals surface area (Å²) in [7, 11) is 0. The number of tetrazole rings is 1. The number of aromatic nitrogens is 5. The summed E-state index contributed by atoms with van der Waals surface area (Å²) in [5.41, 5.74) is 5.13. The van der Waals surface area contributed by atoms with Gasteiger partial charge in [-0.3, -0.25) is 9.69 Å². The summed E-state index contributed by atoms with van der Waals surface area (Å²) < 4.78 is 15.6. The summed E-state index contributed by atoms with van der Waals surface area (Å²) in [6.07, 6.45) is 0. The molecule has 0 unspecified atom stereocenters. The van der Waals surface area contributed by atoms with Gasteiger partial charge in [-0.1, -0.05) is 91.0 Å². The third-order valence-electron chi connectivity index (χ3n) is 7.28. The molecule has 0 spiro atoms. The van der Waals surface area contributed by atoms with Crippen molar-refractivity contribution in [3.05, 3.63) is 159 Å². The Bertz CT molecular complexity index is 1820. The molecular formula is C33H29FN6O. The summed E-state index contributed by atoms with van der Waals surface area (Å²) in [5, 5.41) is 13.8. The second-order valence-corrected chi connectivity index (χ2v) is 10.2. The van der Waals surface area contributed by atoms with Crippen LogP contribution in [0, 0.1) is 12.7 Å². The van der Waals surface area contributed by atoms with Gasteiger partial charge in [0, 0.05) is 18.7 Å². The molecular weight excluding hydrogens is 515 g/mol. The van der Waals surface area contributed by atoms with E-state index in [1.165, 1.54) is 12.1 Å². The van der Waals surface area contributed by atoms with Gasteiger partial charge in [0.25, 0.3) is 5.56 Å². The van der Waals surface area contributed by atoms with Gasteiger partial charge in [-0.25, -0.2) is 9.07 Å². The molecule has 2 heterocycles. The number of hydrogen-bond acceptors (Lipinski definition) is 5. The number of benzene rings is 4. The second-order valence-electron chi connectivity index (χ2n) is 10.2. The molecule has 41 heavy (non-hydrogen) atoms. The van der Waals surface area contributed by atoms with Crippen molar-refractivity contribution in [1.82, 2.24) is 30.1 Å². The van der Waals surface area contributed by atoms with Crippen molar-refractivity contribution in [2.75, 3.05) is 0 Å². The predicted octanol–water partition coefficient (Wildman–Crippen LogP) is 5.80. The molecule has 1 atom stereocenters. The molecule has 0 aliphatic heterocycles. The monoisotopic (exact) mass is 544 g/mol. The van der Waals surface area contributed by atoms with Gasteiger partial charge in [0.15, 0.2) is 5.82 Å². The lowest BCUT2D eigenvalue weighted by molar-refractivity contribution is 0.194. The van der Waals surface area contributed by atoms with E-state index in [-0.39, 0.29) is 11.4 Å². The highest BCUT2D eigenvalue weighted by Gasteiger charge is 2.31. The van der Waals surface area contributed by atoms with E-state index >= 15 is 0 Å². The van der Waals surface area contributed by atoms with Crippen LogP contribution >= 0.6 is 0 Å². The van der Waals surface area contributed by atoms with E-state index in [1.807, 2.05) is 79.7 Å². The van der Waals surface area contributed by atoms with Gasteiger partial charge < -0.3 is 4.98 Å². The van der Waals surface area contributed by atoms with Crippen molar-refractivity contribution < 1.29 is 4.39 Å². The molecule has 4 aromatic carbocycles. The SMILES string of the molecule is Cc1cccc2cc([C@@H](c3nnnn3Cc3ccccc3)N(Cc3ccccc3)Cc3ccc(F)cc3)c(=O)[nH]c12. The van der Waals surface area contributed by atoms with Crippen LogP contribution in [0.4, 0.5) is 4.39 Å². The molecule has 0 fully saturated rings. The van der Waals surface area contributed by atoms with E-state index in [9.17, 15) is 9.18 Å². The van der Waals surface area contributed by atoms with E-state index < -0.39 is 6.04 Å². The van der Waals surface area contributed by atoms with Crippen molar-refractivity contribution >= 4 is 10.9 Å². The largest absolute Gasteiger partial charge is 0.321 e. The number of hydrogen-bond donors (Lipinski definition) is 1. The molecule has 204 valence electrons. The summed E-state index contributed by atoms with van der Waals surface area (Å²) in [4.78, 5) is 19.1. The van der Waals surface area contributed by atoms with Crippen molar-refractivity contribution in [3.63, 3.8) is 0 Å². The van der Waals surface area contributed by atoms with Crippen LogP contribution in [0.2, 0.25) is 0 Å². The Balaban J connectivity index is 1.53. The minimum atomic E-state index is -0.604. The summed E-state index contributed by atoms with van der Waals surface area (Å²) in [6, 6.07) is 33.8. The van der Waals surface area contributed by atoms with Gasteiger partial charge in [-0.15, -0.1) is 5.10 Å². The Morgan fingerprint density at radius 3 is 2.20 bits per heavy atom. The van der Waals surface area contributed by atoms with Gasteiger partial charge in [0.05, 0.1) is 12.1 Å². The molecule has 0 saturated carbocycles. The van der Waals surface area contributed by atoms with Crippen molar-refractivity contribution in [2.24, 2.45) is 0 Å². The van der Waals surface area contributed by atoms with Gasteiger partial charge >= 0.3 is 0 Å². The molecule has 0 radical (unpaired) electrons. The Morgan fingerprint density at radius 1 is 0.829 bits per heavy atom. The van der Waals surface area contributed by atoms with E-state index in [2.05, 4.69) is 37.5 Å². The predicted molar refractivity (Wildman–Crippen MR) is 157 cm³/mol. The fourth-order valence-electron chi connectivity index (χ4n) is 5.26. The van der Waals surface area contributed by atoms with Gasteiger partial charge in [0.1, 0.15) is 11.9 Å². The number of H-pyrrole nitrogens is 1. The first-order chi connectivity index (χ1) is 20.0. The van der Waals surface area contributed by atoms with Gasteiger partial charge in [0.2, 0.25) is 0 Å². The fourth-order valence-corrected chi connectivity index (χ4v) is 5.26. The van der Waals surface area contributed by atoms with Crippen LogP contribution in [0.25, 0.3) is 10.9 Å². The average molecular weight is 545 g/mol. The fraction of sp³-hybridized carbons (Fsp3) is 0.152. The number of nitrogens with one attached hydrogen (secondary N) is 1. The van der Waals surface area contributed by atoms with E-state index in [4.69, 9.17) is 0 Å². The minimum absolute atomic E-state index is 0.205. The Hall–Kier alpha value is -4.95. The van der Waals surface area contributed by atoms with E-state index in [0.717, 1.165) is 33.2 Å². The summed E-state index contributed by atoms with van der Waals surface area (Å²) in [6.45, 7) is 3.36. The average Bonchev–Trinajstić information content (AvgIpc) is 3.43. The third-order valence-corrected chi connectivity index (χ3v) is 7.28. The van der Waals surface area contributed by atoms with Crippen LogP contribution in [0.1, 0.15) is 39.7 Å². The minimum Gasteiger partial charge on any atom is -0.321 e. The molecule has 7 nitrogen and oxygen atoms in total. The van der Waals surface area contributed by atoms with Crippen molar-refractivity contribution in [3.8, 4) is 0 Å². The molecule has 1 N–H and O–H groups in total. The Morgan fingerprint density at radius 2 is 1.49 bits per heavy atom. The molecule has 0 aliphatic carbocycles. The van der Waals surface area contributed by atoms with Crippen molar-refractivity contribution in [2.45, 2.75) is 32.6 Å². The van der Waals surface area contributed by atoms with E-state index in [0.29, 0.717) is 31.0 Å². The molecule has 0 bridgehead atoms. The van der Waals surface area contributed by atoms with Crippen LogP contribution in [-0.2, 0) is 19.6 Å². The lowest BCUT2D eigenvalue weighted by atomic mass is 10.0. The maximum Gasteiger partial charge on any atom is 0.253 e. The van der Waals surface area contributed by atoms with Crippen LogP contribution in [0.5, 0.6) is 0 Å². The maximum atomic E-state index is 13.8. The zero-order valence-corrected chi connectivity index (χ0v) is 22.6. The number of pyridine rings is 1. The normalized spacial score (nSPS) is 12.2. The number of aromatic amines is 1. The number of para-hydroxylation sites is 1. The van der Waals surface area contributed by atoms with Crippen LogP contribution in [0.3, 0.4) is 0 Å². The van der Waals surface area contributed by atoms with E-state index in [1.54, 1.807) is 16.8 Å². The number of rotatable bonds is 9. The first-order valence-corrected chi connectivity index (χ1v) is 13.5. The first kappa shape index (κ1) is 26.3. The zero-order chi connectivity index (χ0) is 28.2. The maximum absolute atomic E-state index is 13.8. The van der Waals surface area contributed by atoms with Crippen LogP contribution in [-0.4, -0.2) is 30.1 Å². The molecule has 0 saturated heterocycles. The molecule has 6 aromatic rings. The number of aryl methyl sites for hydroxylation is 1. The Kier molecular flexibility index (Phi) is 7.47. The van der Waals surface area contributed by atoms with Crippen LogP contribution < -0.4 is 5.56 Å². The number of halogens is 1. The smallest absolute Gasteiger partial charge is 0.253 e. The Labute approximate surface area is 236 Å². The molecule has 0 amide bonds. The lowest BCUT2D eigenvalue weighted by Gasteiger charge is -2.31. The zero-order valence-electron chi connectivity index (χ0n) is 22.6. The summed E-state index contributed by atoms with van der Waals surface area (Å²) in [5.74, 6) is 0.248. The number of nitrogens with zero attached hydrogens (tertiary/aromatic N) is 5. The second kappa shape index (κ2) is 11.7. The molecule has 2 aromatic heterocycles. The van der Waals surface area contributed by atoms with Crippen LogP contribution in [0.15, 0.2) is 114 Å². The topological polar surface area (TPSA) is 79.7 Å². The van der Waals surface area contributed by atoms with Gasteiger partial charge in [-0.2, -0.15) is 0 Å². The molecule has 8 heteroatoms. The third kappa shape index (κ3) is 5.83. The standard InChI is InChI=1S/C33H29FN6O/c1-23-9-8-14-27-19-29(33(41)35-30(23)27)31(32-36-37-38-40(32)22-25-12-6-3-7-13-25)39(20-24-10-4-2-5-11-24)21-26-15-17-28(34)18-16-26/h2-19,31H,20-22H2,1H3,(H,35,41)/t31-/m0/s1. The summed E-state index contributed by atoms with van der Waals surface area (Å²) >= 11 is 0.